The van der Waals surface area contributed by atoms with Gasteiger partial charge in [-0.05, 0) is 30.2 Å². The Kier molecular flexibility index (Phi) is 3.98. The van der Waals surface area contributed by atoms with Crippen molar-refractivity contribution in [3.05, 3.63) is 64.7 Å². The van der Waals surface area contributed by atoms with Crippen LogP contribution in [0.5, 0.6) is 0 Å². The molecule has 0 aliphatic heterocycles. The number of aryl methyl sites for hydroxylation is 1. The molecule has 2 aromatic carbocycles. The van der Waals surface area contributed by atoms with Crippen LogP contribution in [0.1, 0.15) is 21.5 Å². The van der Waals surface area contributed by atoms with Crippen LogP contribution in [-0.4, -0.2) is 5.91 Å². The van der Waals surface area contributed by atoms with Gasteiger partial charge in [0.1, 0.15) is 17.3 Å². The topological polar surface area (TPSA) is 55.1 Å². The first-order valence-electron chi connectivity index (χ1n) is 6.06. The molecule has 2 aromatic rings. The second kappa shape index (κ2) is 5.69. The lowest BCUT2D eigenvalue weighted by atomic mass is 10.1. The first kappa shape index (κ1) is 14.0. The number of hydrogen-bond donors (Lipinski definition) is 2. The Labute approximate surface area is 115 Å². The van der Waals surface area contributed by atoms with Crippen LogP contribution < -0.4 is 11.1 Å². The van der Waals surface area contributed by atoms with Crippen LogP contribution >= 0.6 is 0 Å². The molecular formula is C15H14F2N2O. The highest BCUT2D eigenvalue weighted by Gasteiger charge is 2.13. The molecule has 2 rings (SSSR count). The van der Waals surface area contributed by atoms with Gasteiger partial charge in [0.15, 0.2) is 0 Å². The van der Waals surface area contributed by atoms with Gasteiger partial charge < -0.3 is 11.1 Å². The smallest absolute Gasteiger partial charge is 0.251 e. The van der Waals surface area contributed by atoms with E-state index in [0.29, 0.717) is 6.54 Å². The van der Waals surface area contributed by atoms with Crippen LogP contribution in [0.15, 0.2) is 36.4 Å². The number of anilines is 1. The molecule has 0 heterocycles. The van der Waals surface area contributed by atoms with Crippen molar-refractivity contribution in [1.29, 1.82) is 0 Å². The molecule has 0 aromatic heterocycles. The van der Waals surface area contributed by atoms with Gasteiger partial charge in [0.2, 0.25) is 0 Å². The quantitative estimate of drug-likeness (QED) is 0.847. The third kappa shape index (κ3) is 2.93. The number of nitrogens with two attached hydrogens (primary N) is 1. The molecule has 0 radical (unpaired) electrons. The van der Waals surface area contributed by atoms with Crippen molar-refractivity contribution < 1.29 is 13.6 Å². The zero-order chi connectivity index (χ0) is 14.7. The van der Waals surface area contributed by atoms with E-state index in [1.807, 2.05) is 31.2 Å². The summed E-state index contributed by atoms with van der Waals surface area (Å²) in [4.78, 5) is 11.9. The Morgan fingerprint density at radius 1 is 1.20 bits per heavy atom. The number of carbonyl (C=O) groups excluding carboxylic acids is 1. The molecular weight excluding hydrogens is 262 g/mol. The summed E-state index contributed by atoms with van der Waals surface area (Å²) in [5.74, 6) is -2.43. The number of carbonyl (C=O) groups is 1. The molecule has 3 N–H and O–H groups in total. The first-order chi connectivity index (χ1) is 9.49. The summed E-state index contributed by atoms with van der Waals surface area (Å²) in [7, 11) is 0. The Balaban J connectivity index is 2.11. The fourth-order valence-corrected chi connectivity index (χ4v) is 1.80. The standard InChI is InChI=1S/C15H14F2N2O/c1-9-4-2-3-5-10(9)8-19-15(20)11-6-12(16)14(18)13(17)7-11/h2-7H,8,18H2,1H3,(H,19,20). The molecule has 0 fully saturated rings. The Morgan fingerprint density at radius 2 is 1.80 bits per heavy atom. The van der Waals surface area contributed by atoms with Gasteiger partial charge in [-0.2, -0.15) is 0 Å². The molecule has 0 aliphatic rings. The summed E-state index contributed by atoms with van der Waals surface area (Å²) in [5.41, 5.74) is 6.45. The van der Waals surface area contributed by atoms with Gasteiger partial charge in [0.25, 0.3) is 5.91 Å². The van der Waals surface area contributed by atoms with Crippen molar-refractivity contribution in [2.45, 2.75) is 13.5 Å². The van der Waals surface area contributed by atoms with Crippen molar-refractivity contribution in [3.8, 4) is 0 Å². The maximum atomic E-state index is 13.3. The van der Waals surface area contributed by atoms with Gasteiger partial charge in [0.05, 0.1) is 0 Å². The Morgan fingerprint density at radius 3 is 2.40 bits per heavy atom. The molecule has 0 saturated carbocycles. The van der Waals surface area contributed by atoms with Gasteiger partial charge in [-0.15, -0.1) is 0 Å². The third-order valence-corrected chi connectivity index (χ3v) is 3.04. The van der Waals surface area contributed by atoms with Crippen molar-refractivity contribution >= 4 is 11.6 Å². The van der Waals surface area contributed by atoms with E-state index in [4.69, 9.17) is 5.73 Å². The molecule has 20 heavy (non-hydrogen) atoms. The van der Waals surface area contributed by atoms with Crippen molar-refractivity contribution in [1.82, 2.24) is 5.32 Å². The number of nitrogens with one attached hydrogen (secondary N) is 1. The summed E-state index contributed by atoms with van der Waals surface area (Å²) in [6, 6.07) is 9.39. The largest absolute Gasteiger partial charge is 0.394 e. The van der Waals surface area contributed by atoms with Gasteiger partial charge >= 0.3 is 0 Å². The van der Waals surface area contributed by atoms with Crippen LogP contribution in [0.3, 0.4) is 0 Å². The van der Waals surface area contributed by atoms with Crippen molar-refractivity contribution in [3.63, 3.8) is 0 Å². The number of rotatable bonds is 3. The van der Waals surface area contributed by atoms with E-state index >= 15 is 0 Å². The molecule has 0 aliphatic carbocycles. The summed E-state index contributed by atoms with van der Waals surface area (Å²) >= 11 is 0. The highest BCUT2D eigenvalue weighted by molar-refractivity contribution is 5.94. The van der Waals surface area contributed by atoms with Crippen molar-refractivity contribution in [2.75, 3.05) is 5.73 Å². The van der Waals surface area contributed by atoms with E-state index in [0.717, 1.165) is 23.3 Å². The highest BCUT2D eigenvalue weighted by atomic mass is 19.1. The van der Waals surface area contributed by atoms with E-state index in [1.54, 1.807) is 0 Å². The molecule has 3 nitrogen and oxygen atoms in total. The monoisotopic (exact) mass is 276 g/mol. The van der Waals surface area contributed by atoms with E-state index < -0.39 is 23.2 Å². The SMILES string of the molecule is Cc1ccccc1CNC(=O)c1cc(F)c(N)c(F)c1. The van der Waals surface area contributed by atoms with Gasteiger partial charge in [-0.1, -0.05) is 24.3 Å². The fraction of sp³-hybridized carbons (Fsp3) is 0.133. The molecule has 1 amide bonds. The third-order valence-electron chi connectivity index (χ3n) is 3.04. The summed E-state index contributed by atoms with van der Waals surface area (Å²) in [6.45, 7) is 2.21. The summed E-state index contributed by atoms with van der Waals surface area (Å²) in [5, 5.41) is 2.62. The Hall–Kier alpha value is -2.43. The number of amides is 1. The number of nitrogen functional groups attached to an aromatic ring is 1. The number of hydrogen-bond acceptors (Lipinski definition) is 2. The second-order valence-corrected chi connectivity index (χ2v) is 4.46. The molecule has 104 valence electrons. The van der Waals surface area contributed by atoms with E-state index in [-0.39, 0.29) is 5.56 Å². The molecule has 0 bridgehead atoms. The van der Waals surface area contributed by atoms with Gasteiger partial charge in [0, 0.05) is 12.1 Å². The van der Waals surface area contributed by atoms with Gasteiger partial charge in [-0.3, -0.25) is 4.79 Å². The predicted octanol–water partition coefficient (Wildman–Crippen LogP) is 2.79. The van der Waals surface area contributed by atoms with E-state index in [9.17, 15) is 13.6 Å². The summed E-state index contributed by atoms with van der Waals surface area (Å²) < 4.78 is 26.6. The van der Waals surface area contributed by atoms with Crippen LogP contribution in [0.25, 0.3) is 0 Å². The maximum absolute atomic E-state index is 13.3. The van der Waals surface area contributed by atoms with Crippen LogP contribution in [0.4, 0.5) is 14.5 Å². The molecule has 0 saturated heterocycles. The zero-order valence-corrected chi connectivity index (χ0v) is 10.9. The minimum absolute atomic E-state index is 0.0946. The predicted molar refractivity (Wildman–Crippen MR) is 73.1 cm³/mol. The molecule has 0 spiro atoms. The minimum atomic E-state index is -0.939. The average molecular weight is 276 g/mol. The molecule has 0 unspecified atom stereocenters. The number of halogens is 2. The maximum Gasteiger partial charge on any atom is 0.251 e. The van der Waals surface area contributed by atoms with Crippen LogP contribution in [-0.2, 0) is 6.54 Å². The highest BCUT2D eigenvalue weighted by Crippen LogP contribution is 2.17. The van der Waals surface area contributed by atoms with Crippen molar-refractivity contribution in [2.24, 2.45) is 0 Å². The first-order valence-corrected chi connectivity index (χ1v) is 6.06. The van der Waals surface area contributed by atoms with Gasteiger partial charge in [-0.25, -0.2) is 8.78 Å². The normalized spacial score (nSPS) is 10.3. The molecule has 0 atom stereocenters. The van der Waals surface area contributed by atoms with E-state index in [2.05, 4.69) is 5.32 Å². The molecule has 5 heteroatoms. The summed E-state index contributed by atoms with van der Waals surface area (Å²) in [6.07, 6.45) is 0. The van der Waals surface area contributed by atoms with Crippen LogP contribution in [0, 0.1) is 18.6 Å². The lowest BCUT2D eigenvalue weighted by molar-refractivity contribution is 0.0950. The minimum Gasteiger partial charge on any atom is -0.394 e. The lowest BCUT2D eigenvalue weighted by Crippen LogP contribution is -2.23. The number of benzene rings is 2. The fourth-order valence-electron chi connectivity index (χ4n) is 1.80. The second-order valence-electron chi connectivity index (χ2n) is 4.46. The Bertz CT molecular complexity index is 633. The van der Waals surface area contributed by atoms with Crippen LogP contribution in [0.2, 0.25) is 0 Å². The average Bonchev–Trinajstić information content (AvgIpc) is 2.43. The lowest BCUT2D eigenvalue weighted by Gasteiger charge is -2.09. The van der Waals surface area contributed by atoms with E-state index in [1.165, 1.54) is 0 Å². The zero-order valence-electron chi connectivity index (χ0n) is 10.9.